The van der Waals surface area contributed by atoms with Crippen LogP contribution in [0.1, 0.15) is 20.3 Å². The molecule has 2 amide bonds. The molecule has 0 aliphatic carbocycles. The molecule has 5 nitrogen and oxygen atoms in total. The summed E-state index contributed by atoms with van der Waals surface area (Å²) >= 11 is 0. The molecule has 1 N–H and O–H groups in total. The van der Waals surface area contributed by atoms with E-state index in [0.717, 1.165) is 0 Å². The Bertz CT molecular complexity index is 547. The van der Waals surface area contributed by atoms with Gasteiger partial charge < -0.3 is 10.2 Å². The van der Waals surface area contributed by atoms with Crippen LogP contribution in [0.3, 0.4) is 0 Å². The largest absolute Gasteiger partial charge is 0.326 e. The summed E-state index contributed by atoms with van der Waals surface area (Å²) in [7, 11) is -1.21. The molecule has 1 heterocycles. The van der Waals surface area contributed by atoms with E-state index in [9.17, 15) is 13.8 Å². The standard InChI is InChI=1S/C14H18N2O3S/c1-11(17)16-8-9-20(19)14(16,2)10-13(18)15-12-6-4-3-5-7-12/h3-7H,8-10H2,1-2H3,(H,15,18)/t14-,20+/m0/s1. The maximum absolute atomic E-state index is 12.1. The summed E-state index contributed by atoms with van der Waals surface area (Å²) in [4.78, 5) is 24.3. The zero-order valence-corrected chi connectivity index (χ0v) is 12.4. The Kier molecular flexibility index (Phi) is 4.23. The molecule has 6 heteroatoms. The van der Waals surface area contributed by atoms with Gasteiger partial charge in [-0.2, -0.15) is 0 Å². The van der Waals surface area contributed by atoms with Crippen molar-refractivity contribution < 1.29 is 13.8 Å². The van der Waals surface area contributed by atoms with Crippen molar-refractivity contribution in [3.63, 3.8) is 0 Å². The summed E-state index contributed by atoms with van der Waals surface area (Å²) in [6.07, 6.45) is 0.0358. The lowest BCUT2D eigenvalue weighted by atomic mass is 10.1. The molecule has 2 rings (SSSR count). The topological polar surface area (TPSA) is 66.5 Å². The second-order valence-corrected chi connectivity index (χ2v) is 6.97. The Hall–Kier alpha value is -1.69. The lowest BCUT2D eigenvalue weighted by Crippen LogP contribution is -2.48. The van der Waals surface area contributed by atoms with Gasteiger partial charge in [-0.1, -0.05) is 18.2 Å². The van der Waals surface area contributed by atoms with Crippen molar-refractivity contribution in [2.75, 3.05) is 17.6 Å². The molecular weight excluding hydrogens is 276 g/mol. The highest BCUT2D eigenvalue weighted by atomic mass is 32.2. The third kappa shape index (κ3) is 2.90. The van der Waals surface area contributed by atoms with Gasteiger partial charge in [0.05, 0.1) is 6.42 Å². The van der Waals surface area contributed by atoms with Crippen LogP contribution in [0.4, 0.5) is 5.69 Å². The fraction of sp³-hybridized carbons (Fsp3) is 0.429. The first-order valence-corrected chi connectivity index (χ1v) is 7.77. The molecule has 1 saturated heterocycles. The summed E-state index contributed by atoms with van der Waals surface area (Å²) in [5, 5.41) is 2.76. The quantitative estimate of drug-likeness (QED) is 0.915. The number of nitrogens with one attached hydrogen (secondary N) is 1. The van der Waals surface area contributed by atoms with Crippen molar-refractivity contribution in [2.24, 2.45) is 0 Å². The molecular formula is C14H18N2O3S. The maximum atomic E-state index is 12.1. The zero-order valence-electron chi connectivity index (χ0n) is 11.6. The van der Waals surface area contributed by atoms with Crippen molar-refractivity contribution in [2.45, 2.75) is 25.1 Å². The Balaban J connectivity index is 2.09. The Morgan fingerprint density at radius 2 is 2.00 bits per heavy atom. The minimum atomic E-state index is -1.21. The highest BCUT2D eigenvalue weighted by Gasteiger charge is 2.46. The number of para-hydroxylation sites is 1. The second-order valence-electron chi connectivity index (χ2n) is 4.99. The molecule has 0 bridgehead atoms. The van der Waals surface area contributed by atoms with Gasteiger partial charge in [-0.3, -0.25) is 13.8 Å². The number of hydrogen-bond donors (Lipinski definition) is 1. The van der Waals surface area contributed by atoms with Crippen molar-refractivity contribution in [1.82, 2.24) is 4.90 Å². The van der Waals surface area contributed by atoms with E-state index in [0.29, 0.717) is 18.0 Å². The molecule has 1 aromatic rings. The monoisotopic (exact) mass is 294 g/mol. The Morgan fingerprint density at radius 1 is 1.35 bits per heavy atom. The number of amides is 2. The first-order chi connectivity index (χ1) is 9.43. The Labute approximate surface area is 120 Å². The van der Waals surface area contributed by atoms with Gasteiger partial charge in [0.25, 0.3) is 0 Å². The van der Waals surface area contributed by atoms with Gasteiger partial charge in [0.2, 0.25) is 11.8 Å². The second kappa shape index (κ2) is 5.75. The van der Waals surface area contributed by atoms with E-state index < -0.39 is 15.7 Å². The van der Waals surface area contributed by atoms with Crippen LogP contribution in [0.5, 0.6) is 0 Å². The molecule has 1 aromatic carbocycles. The van der Waals surface area contributed by atoms with Gasteiger partial charge in [-0.15, -0.1) is 0 Å². The molecule has 1 aliphatic rings. The van der Waals surface area contributed by atoms with Gasteiger partial charge in [0.15, 0.2) is 0 Å². The molecule has 2 atom stereocenters. The predicted molar refractivity (Wildman–Crippen MR) is 78.5 cm³/mol. The van der Waals surface area contributed by atoms with Gasteiger partial charge in [0, 0.05) is 35.7 Å². The smallest absolute Gasteiger partial charge is 0.227 e. The molecule has 0 spiro atoms. The van der Waals surface area contributed by atoms with E-state index >= 15 is 0 Å². The predicted octanol–water partition coefficient (Wildman–Crippen LogP) is 1.34. The number of carbonyl (C=O) groups is 2. The molecule has 108 valence electrons. The first-order valence-electron chi connectivity index (χ1n) is 6.45. The third-order valence-corrected chi connectivity index (χ3v) is 5.39. The molecule has 0 unspecified atom stereocenters. The first kappa shape index (κ1) is 14.7. The summed E-state index contributed by atoms with van der Waals surface area (Å²) in [5.74, 6) is 0.0420. The lowest BCUT2D eigenvalue weighted by Gasteiger charge is -2.32. The summed E-state index contributed by atoms with van der Waals surface area (Å²) in [5.41, 5.74) is 0.694. The van der Waals surface area contributed by atoms with Crippen LogP contribution in [0, 0.1) is 0 Å². The fourth-order valence-corrected chi connectivity index (χ4v) is 3.99. The third-order valence-electron chi connectivity index (χ3n) is 3.49. The van der Waals surface area contributed by atoms with E-state index in [1.165, 1.54) is 11.8 Å². The van der Waals surface area contributed by atoms with Crippen LogP contribution in [-0.4, -0.2) is 38.1 Å². The van der Waals surface area contributed by atoms with Gasteiger partial charge in [-0.05, 0) is 19.1 Å². The molecule has 0 radical (unpaired) electrons. The number of rotatable bonds is 3. The SMILES string of the molecule is CC(=O)N1CC[S@@](=O)[C@@]1(C)CC(=O)Nc1ccccc1. The number of anilines is 1. The highest BCUT2D eigenvalue weighted by molar-refractivity contribution is 7.86. The van der Waals surface area contributed by atoms with Crippen molar-refractivity contribution >= 4 is 28.3 Å². The van der Waals surface area contributed by atoms with Crippen molar-refractivity contribution in [3.8, 4) is 0 Å². The minimum Gasteiger partial charge on any atom is -0.326 e. The number of carbonyl (C=O) groups excluding carboxylic acids is 2. The van der Waals surface area contributed by atoms with E-state index in [4.69, 9.17) is 0 Å². The molecule has 1 aliphatic heterocycles. The molecule has 20 heavy (non-hydrogen) atoms. The van der Waals surface area contributed by atoms with Crippen LogP contribution >= 0.6 is 0 Å². The number of hydrogen-bond acceptors (Lipinski definition) is 3. The number of nitrogens with zero attached hydrogens (tertiary/aromatic N) is 1. The summed E-state index contributed by atoms with van der Waals surface area (Å²) in [6, 6.07) is 9.09. The summed E-state index contributed by atoms with van der Waals surface area (Å²) < 4.78 is 12.1. The van der Waals surface area contributed by atoms with Gasteiger partial charge in [-0.25, -0.2) is 0 Å². The van der Waals surface area contributed by atoms with Crippen LogP contribution in [0.25, 0.3) is 0 Å². The van der Waals surface area contributed by atoms with Crippen molar-refractivity contribution in [3.05, 3.63) is 30.3 Å². The van der Waals surface area contributed by atoms with E-state index in [2.05, 4.69) is 5.32 Å². The lowest BCUT2D eigenvalue weighted by molar-refractivity contribution is -0.131. The normalized spacial score (nSPS) is 25.5. The van der Waals surface area contributed by atoms with Crippen LogP contribution < -0.4 is 5.32 Å². The number of benzene rings is 1. The minimum absolute atomic E-state index is 0.0358. The molecule has 1 fully saturated rings. The fourth-order valence-electron chi connectivity index (χ4n) is 2.44. The van der Waals surface area contributed by atoms with E-state index in [-0.39, 0.29) is 18.2 Å². The van der Waals surface area contributed by atoms with Crippen LogP contribution in [-0.2, 0) is 20.4 Å². The molecule has 0 saturated carbocycles. The average Bonchev–Trinajstić information content (AvgIpc) is 2.66. The van der Waals surface area contributed by atoms with Crippen LogP contribution in [0.2, 0.25) is 0 Å². The highest BCUT2D eigenvalue weighted by Crippen LogP contribution is 2.30. The van der Waals surface area contributed by atoms with Gasteiger partial charge >= 0.3 is 0 Å². The van der Waals surface area contributed by atoms with E-state index in [1.54, 1.807) is 19.1 Å². The van der Waals surface area contributed by atoms with Crippen LogP contribution in [0.15, 0.2) is 30.3 Å². The van der Waals surface area contributed by atoms with E-state index in [1.807, 2.05) is 18.2 Å². The average molecular weight is 294 g/mol. The zero-order chi connectivity index (χ0) is 14.8. The summed E-state index contributed by atoms with van der Waals surface area (Å²) in [6.45, 7) is 3.59. The Morgan fingerprint density at radius 3 is 2.60 bits per heavy atom. The van der Waals surface area contributed by atoms with Gasteiger partial charge in [0.1, 0.15) is 4.87 Å². The molecule has 0 aromatic heterocycles. The maximum Gasteiger partial charge on any atom is 0.227 e. The van der Waals surface area contributed by atoms with Crippen molar-refractivity contribution in [1.29, 1.82) is 0 Å².